The summed E-state index contributed by atoms with van der Waals surface area (Å²) in [5.41, 5.74) is 0.806. The first-order valence-corrected chi connectivity index (χ1v) is 9.25. The number of carbonyl (C=O) groups is 1. The van der Waals surface area contributed by atoms with Gasteiger partial charge in [0.1, 0.15) is 5.76 Å². The maximum Gasteiger partial charge on any atom is 0.324 e. The van der Waals surface area contributed by atoms with E-state index in [4.69, 9.17) is 20.6 Å². The van der Waals surface area contributed by atoms with Gasteiger partial charge in [-0.1, -0.05) is 34.0 Å². The van der Waals surface area contributed by atoms with Gasteiger partial charge in [-0.15, -0.1) is 0 Å². The lowest BCUT2D eigenvalue weighted by Crippen LogP contribution is -2.48. The van der Waals surface area contributed by atoms with Crippen LogP contribution < -0.4 is 10.2 Å². The summed E-state index contributed by atoms with van der Waals surface area (Å²) in [7, 11) is 0. The molecular weight excluding hydrogens is 384 g/mol. The second kappa shape index (κ2) is 7.99. The standard InChI is InChI=1S/C18H19ClN6O3/c1-12-9-15(22-27-12)20-16(26)11-24-5-7-25(8-6-24)18-21-17(23-28-18)13-3-2-4-14(19)10-13/h2-4,9-10H,5-8,11H2,1H3,(H,20,22,26). The number of hydrogen-bond donors (Lipinski definition) is 1. The molecule has 4 rings (SSSR count). The minimum absolute atomic E-state index is 0.122. The van der Waals surface area contributed by atoms with Crippen LogP contribution in [-0.2, 0) is 4.79 Å². The lowest BCUT2D eigenvalue weighted by molar-refractivity contribution is -0.117. The monoisotopic (exact) mass is 402 g/mol. The van der Waals surface area contributed by atoms with Crippen molar-refractivity contribution in [3.63, 3.8) is 0 Å². The number of hydrogen-bond acceptors (Lipinski definition) is 8. The summed E-state index contributed by atoms with van der Waals surface area (Å²) in [5.74, 6) is 1.46. The van der Waals surface area contributed by atoms with Crippen LogP contribution in [0.1, 0.15) is 5.76 Å². The highest BCUT2D eigenvalue weighted by atomic mass is 35.5. The molecule has 0 atom stereocenters. The van der Waals surface area contributed by atoms with Gasteiger partial charge in [0.2, 0.25) is 11.7 Å². The molecule has 9 nitrogen and oxygen atoms in total. The van der Waals surface area contributed by atoms with Gasteiger partial charge in [-0.05, 0) is 19.1 Å². The van der Waals surface area contributed by atoms with Crippen LogP contribution in [0.2, 0.25) is 5.02 Å². The molecule has 1 aliphatic heterocycles. The number of benzene rings is 1. The lowest BCUT2D eigenvalue weighted by Gasteiger charge is -2.32. The van der Waals surface area contributed by atoms with E-state index in [1.807, 2.05) is 17.0 Å². The Kier molecular flexibility index (Phi) is 5.27. The van der Waals surface area contributed by atoms with Gasteiger partial charge in [-0.25, -0.2) is 0 Å². The zero-order valence-electron chi connectivity index (χ0n) is 15.3. The Bertz CT molecular complexity index is 964. The SMILES string of the molecule is Cc1cc(NC(=O)CN2CCN(c3nc(-c4cccc(Cl)c4)no3)CC2)no1. The van der Waals surface area contributed by atoms with E-state index in [-0.39, 0.29) is 12.5 Å². The van der Waals surface area contributed by atoms with Crippen molar-refractivity contribution < 1.29 is 13.8 Å². The van der Waals surface area contributed by atoms with Crippen LogP contribution in [0.25, 0.3) is 11.4 Å². The Hall–Kier alpha value is -2.91. The number of anilines is 2. The molecule has 1 aromatic carbocycles. The van der Waals surface area contributed by atoms with Gasteiger partial charge in [0.25, 0.3) is 0 Å². The number of halogens is 1. The molecule has 0 bridgehead atoms. The molecule has 0 radical (unpaired) electrons. The zero-order valence-corrected chi connectivity index (χ0v) is 16.0. The quantitative estimate of drug-likeness (QED) is 0.694. The topological polar surface area (TPSA) is 101 Å². The van der Waals surface area contributed by atoms with Gasteiger partial charge < -0.3 is 19.3 Å². The fourth-order valence-electron chi connectivity index (χ4n) is 3.00. The van der Waals surface area contributed by atoms with Gasteiger partial charge in [-0.2, -0.15) is 4.98 Å². The number of aromatic nitrogens is 3. The average molecular weight is 403 g/mol. The van der Waals surface area contributed by atoms with E-state index in [0.717, 1.165) is 5.56 Å². The minimum atomic E-state index is -0.122. The highest BCUT2D eigenvalue weighted by Crippen LogP contribution is 2.23. The van der Waals surface area contributed by atoms with Crippen LogP contribution in [0.4, 0.5) is 11.8 Å². The Labute approximate surface area is 166 Å². The third-order valence-corrected chi connectivity index (χ3v) is 4.64. The number of piperazine rings is 1. The largest absolute Gasteiger partial charge is 0.360 e. The number of carbonyl (C=O) groups excluding carboxylic acids is 1. The summed E-state index contributed by atoms with van der Waals surface area (Å²) in [4.78, 5) is 20.7. The normalized spacial score (nSPS) is 15.0. The second-order valence-electron chi connectivity index (χ2n) is 6.55. The molecule has 0 saturated carbocycles. The predicted molar refractivity (Wildman–Crippen MR) is 103 cm³/mol. The van der Waals surface area contributed by atoms with Gasteiger partial charge in [0.05, 0.1) is 6.54 Å². The summed E-state index contributed by atoms with van der Waals surface area (Å²) >= 11 is 6.02. The molecule has 10 heteroatoms. The van der Waals surface area contributed by atoms with Crippen molar-refractivity contribution in [2.45, 2.75) is 6.92 Å². The first kappa shape index (κ1) is 18.5. The molecule has 3 heterocycles. The number of nitrogens with one attached hydrogen (secondary N) is 1. The summed E-state index contributed by atoms with van der Waals surface area (Å²) in [6.45, 7) is 4.86. The molecular formula is C18H19ClN6O3. The number of amides is 1. The first-order chi connectivity index (χ1) is 13.6. The van der Waals surface area contributed by atoms with E-state index in [0.29, 0.717) is 54.6 Å². The minimum Gasteiger partial charge on any atom is -0.360 e. The summed E-state index contributed by atoms with van der Waals surface area (Å²) in [6, 6.07) is 9.47. The molecule has 1 aliphatic rings. The van der Waals surface area contributed by atoms with E-state index in [1.165, 1.54) is 0 Å². The summed E-state index contributed by atoms with van der Waals surface area (Å²) < 4.78 is 10.3. The Morgan fingerprint density at radius 1 is 1.18 bits per heavy atom. The van der Waals surface area contributed by atoms with Crippen molar-refractivity contribution in [3.05, 3.63) is 41.1 Å². The van der Waals surface area contributed by atoms with Crippen molar-refractivity contribution in [1.29, 1.82) is 0 Å². The van der Waals surface area contributed by atoms with Gasteiger partial charge in [0, 0.05) is 42.8 Å². The fourth-order valence-corrected chi connectivity index (χ4v) is 3.19. The van der Waals surface area contributed by atoms with Crippen LogP contribution in [0.5, 0.6) is 0 Å². The number of nitrogens with zero attached hydrogens (tertiary/aromatic N) is 5. The molecule has 1 amide bonds. The summed E-state index contributed by atoms with van der Waals surface area (Å²) in [6.07, 6.45) is 0. The van der Waals surface area contributed by atoms with Crippen molar-refractivity contribution >= 4 is 29.3 Å². The Morgan fingerprint density at radius 2 is 2.00 bits per heavy atom. The molecule has 2 aromatic heterocycles. The van der Waals surface area contributed by atoms with E-state index >= 15 is 0 Å². The highest BCUT2D eigenvalue weighted by Gasteiger charge is 2.23. The van der Waals surface area contributed by atoms with Crippen molar-refractivity contribution in [2.75, 3.05) is 42.9 Å². The molecule has 28 heavy (non-hydrogen) atoms. The Morgan fingerprint density at radius 3 is 2.71 bits per heavy atom. The fraction of sp³-hybridized carbons (Fsp3) is 0.333. The average Bonchev–Trinajstić information content (AvgIpc) is 3.32. The van der Waals surface area contributed by atoms with E-state index < -0.39 is 0 Å². The number of aryl methyl sites for hydroxylation is 1. The second-order valence-corrected chi connectivity index (χ2v) is 6.98. The predicted octanol–water partition coefficient (Wildman–Crippen LogP) is 2.45. The van der Waals surface area contributed by atoms with Gasteiger partial charge in [-0.3, -0.25) is 9.69 Å². The van der Waals surface area contributed by atoms with Crippen LogP contribution in [0, 0.1) is 6.92 Å². The Balaban J connectivity index is 1.30. The van der Waals surface area contributed by atoms with Crippen molar-refractivity contribution in [2.24, 2.45) is 0 Å². The van der Waals surface area contributed by atoms with Gasteiger partial charge >= 0.3 is 6.01 Å². The van der Waals surface area contributed by atoms with Crippen LogP contribution >= 0.6 is 11.6 Å². The van der Waals surface area contributed by atoms with E-state index in [9.17, 15) is 4.79 Å². The molecule has 3 aromatic rings. The molecule has 0 unspecified atom stereocenters. The zero-order chi connectivity index (χ0) is 19.5. The summed E-state index contributed by atoms with van der Waals surface area (Å²) in [5, 5.41) is 11.2. The molecule has 1 fully saturated rings. The number of rotatable bonds is 5. The third-order valence-electron chi connectivity index (χ3n) is 4.40. The molecule has 0 aliphatic carbocycles. The van der Waals surface area contributed by atoms with E-state index in [2.05, 4.69) is 25.5 Å². The smallest absolute Gasteiger partial charge is 0.324 e. The lowest BCUT2D eigenvalue weighted by atomic mass is 10.2. The van der Waals surface area contributed by atoms with Crippen LogP contribution in [0.3, 0.4) is 0 Å². The van der Waals surface area contributed by atoms with E-state index in [1.54, 1.807) is 25.1 Å². The molecule has 1 saturated heterocycles. The third kappa shape index (κ3) is 4.32. The maximum atomic E-state index is 12.1. The van der Waals surface area contributed by atoms with Crippen LogP contribution in [0.15, 0.2) is 39.4 Å². The molecule has 1 N–H and O–H groups in total. The molecule has 0 spiro atoms. The molecule has 146 valence electrons. The first-order valence-electron chi connectivity index (χ1n) is 8.87. The maximum absolute atomic E-state index is 12.1. The highest BCUT2D eigenvalue weighted by molar-refractivity contribution is 6.30. The van der Waals surface area contributed by atoms with Crippen LogP contribution in [-0.4, -0.2) is 58.8 Å². The van der Waals surface area contributed by atoms with Crippen molar-refractivity contribution in [1.82, 2.24) is 20.2 Å². The van der Waals surface area contributed by atoms with Crippen molar-refractivity contribution in [3.8, 4) is 11.4 Å². The van der Waals surface area contributed by atoms with Gasteiger partial charge in [0.15, 0.2) is 5.82 Å².